The summed E-state index contributed by atoms with van der Waals surface area (Å²) in [6.07, 6.45) is 6.82. The maximum atomic E-state index is 13.4. The van der Waals surface area contributed by atoms with Gasteiger partial charge in [-0.2, -0.15) is 0 Å². The number of hydrogen-bond donors (Lipinski definition) is 1. The van der Waals surface area contributed by atoms with Gasteiger partial charge in [0.15, 0.2) is 0 Å². The van der Waals surface area contributed by atoms with Gasteiger partial charge in [0.2, 0.25) is 0 Å². The lowest BCUT2D eigenvalue weighted by molar-refractivity contribution is 0.186. The first-order valence-electron chi connectivity index (χ1n) is 7.78. The third kappa shape index (κ3) is 3.38. The maximum absolute atomic E-state index is 13.4. The van der Waals surface area contributed by atoms with Crippen molar-refractivity contribution >= 4 is 0 Å². The number of hydrogen-bond acceptors (Lipinski definition) is 1. The van der Waals surface area contributed by atoms with Gasteiger partial charge in [-0.15, -0.1) is 0 Å². The zero-order valence-corrected chi connectivity index (χ0v) is 12.5. The Morgan fingerprint density at radius 2 is 1.70 bits per heavy atom. The van der Waals surface area contributed by atoms with E-state index in [1.54, 1.807) is 0 Å². The molecule has 0 heterocycles. The molecule has 1 aliphatic carbocycles. The minimum absolute atomic E-state index is 0.290. The van der Waals surface area contributed by atoms with E-state index in [0.29, 0.717) is 17.9 Å². The highest BCUT2D eigenvalue weighted by Crippen LogP contribution is 2.44. The molecule has 2 rings (SSSR count). The van der Waals surface area contributed by atoms with Crippen LogP contribution >= 0.6 is 0 Å². The van der Waals surface area contributed by atoms with Crippen molar-refractivity contribution in [3.8, 4) is 0 Å². The molecule has 0 aromatic heterocycles. The second-order valence-corrected chi connectivity index (χ2v) is 6.02. The highest BCUT2D eigenvalue weighted by Gasteiger charge is 2.39. The molecule has 0 saturated heterocycles. The summed E-state index contributed by atoms with van der Waals surface area (Å²) in [5.41, 5.74) is 1.05. The summed E-state index contributed by atoms with van der Waals surface area (Å²) in [4.78, 5) is 0. The predicted octanol–water partition coefficient (Wildman–Crippen LogP) is 4.46. The molecule has 0 radical (unpaired) electrons. The Labute approximate surface area is 120 Å². The number of nitrogens with one attached hydrogen (secondary N) is 1. The highest BCUT2D eigenvalue weighted by molar-refractivity contribution is 5.20. The predicted molar refractivity (Wildman–Crippen MR) is 78.7 cm³/mol. The SMILES string of the molecule is CCNC(Cc1cc(F)cc(F)c1)C1(CC)CCCC1. The number of rotatable bonds is 6. The Morgan fingerprint density at radius 1 is 1.10 bits per heavy atom. The van der Waals surface area contributed by atoms with Crippen LogP contribution in [-0.4, -0.2) is 12.6 Å². The largest absolute Gasteiger partial charge is 0.313 e. The first kappa shape index (κ1) is 15.4. The van der Waals surface area contributed by atoms with Crippen molar-refractivity contribution in [2.45, 2.75) is 58.4 Å². The van der Waals surface area contributed by atoms with Gasteiger partial charge in [0.05, 0.1) is 0 Å². The molecule has 1 unspecified atom stereocenters. The van der Waals surface area contributed by atoms with E-state index in [1.165, 1.54) is 37.8 Å². The minimum Gasteiger partial charge on any atom is -0.313 e. The summed E-state index contributed by atoms with van der Waals surface area (Å²) >= 11 is 0. The second-order valence-electron chi connectivity index (χ2n) is 6.02. The van der Waals surface area contributed by atoms with Gasteiger partial charge in [-0.1, -0.05) is 26.7 Å². The van der Waals surface area contributed by atoms with Crippen molar-refractivity contribution in [3.63, 3.8) is 0 Å². The molecule has 1 N–H and O–H groups in total. The molecule has 3 heteroatoms. The first-order chi connectivity index (χ1) is 9.59. The van der Waals surface area contributed by atoms with Crippen molar-refractivity contribution in [1.29, 1.82) is 0 Å². The van der Waals surface area contributed by atoms with E-state index in [2.05, 4.69) is 19.2 Å². The van der Waals surface area contributed by atoms with Crippen molar-refractivity contribution in [2.24, 2.45) is 5.41 Å². The Hall–Kier alpha value is -0.960. The van der Waals surface area contributed by atoms with E-state index in [1.807, 2.05) is 0 Å². The van der Waals surface area contributed by atoms with Crippen molar-refractivity contribution < 1.29 is 8.78 Å². The van der Waals surface area contributed by atoms with Gasteiger partial charge in [-0.25, -0.2) is 8.78 Å². The van der Waals surface area contributed by atoms with Gasteiger partial charge in [0, 0.05) is 12.1 Å². The lowest BCUT2D eigenvalue weighted by Crippen LogP contribution is -2.45. The van der Waals surface area contributed by atoms with Crippen LogP contribution in [0.25, 0.3) is 0 Å². The highest BCUT2D eigenvalue weighted by atomic mass is 19.1. The Bertz CT molecular complexity index is 418. The number of benzene rings is 1. The van der Waals surface area contributed by atoms with Gasteiger partial charge in [-0.3, -0.25) is 0 Å². The smallest absolute Gasteiger partial charge is 0.126 e. The zero-order valence-electron chi connectivity index (χ0n) is 12.5. The van der Waals surface area contributed by atoms with E-state index in [4.69, 9.17) is 0 Å². The van der Waals surface area contributed by atoms with Crippen LogP contribution < -0.4 is 5.32 Å². The lowest BCUT2D eigenvalue weighted by atomic mass is 9.74. The third-order valence-electron chi connectivity index (χ3n) is 4.86. The molecule has 0 aliphatic heterocycles. The molecular formula is C17H25F2N. The lowest BCUT2D eigenvalue weighted by Gasteiger charge is -2.38. The molecule has 1 atom stereocenters. The quantitative estimate of drug-likeness (QED) is 0.812. The average molecular weight is 281 g/mol. The number of halogens is 2. The van der Waals surface area contributed by atoms with Crippen molar-refractivity contribution in [2.75, 3.05) is 6.54 Å². The van der Waals surface area contributed by atoms with Crippen LogP contribution in [0.3, 0.4) is 0 Å². The van der Waals surface area contributed by atoms with Crippen LogP contribution in [0, 0.1) is 17.0 Å². The zero-order chi connectivity index (χ0) is 14.6. The molecule has 0 bridgehead atoms. The van der Waals surface area contributed by atoms with Crippen LogP contribution in [0.4, 0.5) is 8.78 Å². The Kier molecular flexibility index (Phi) is 5.14. The third-order valence-corrected chi connectivity index (χ3v) is 4.86. The summed E-state index contributed by atoms with van der Waals surface area (Å²) in [7, 11) is 0. The molecular weight excluding hydrogens is 256 g/mol. The molecule has 20 heavy (non-hydrogen) atoms. The fourth-order valence-corrected chi connectivity index (χ4v) is 3.74. The molecule has 0 spiro atoms. The number of likely N-dealkylation sites (N-methyl/N-ethyl adjacent to an activating group) is 1. The van der Waals surface area contributed by atoms with E-state index < -0.39 is 11.6 Å². The Balaban J connectivity index is 2.20. The molecule has 1 aliphatic rings. The molecule has 1 aromatic rings. The van der Waals surface area contributed by atoms with Crippen LogP contribution in [0.15, 0.2) is 18.2 Å². The van der Waals surface area contributed by atoms with Gasteiger partial charge in [-0.05, 0) is 55.3 Å². The molecule has 112 valence electrons. The fourth-order valence-electron chi connectivity index (χ4n) is 3.74. The van der Waals surface area contributed by atoms with E-state index >= 15 is 0 Å². The van der Waals surface area contributed by atoms with Crippen molar-refractivity contribution in [3.05, 3.63) is 35.4 Å². The standard InChI is InChI=1S/C17H25F2N/c1-3-17(7-5-6-8-17)16(20-4-2)11-13-9-14(18)12-15(19)10-13/h9-10,12,16,20H,3-8,11H2,1-2H3. The van der Waals surface area contributed by atoms with Gasteiger partial charge >= 0.3 is 0 Å². The van der Waals surface area contributed by atoms with E-state index in [0.717, 1.165) is 24.6 Å². The van der Waals surface area contributed by atoms with E-state index in [-0.39, 0.29) is 0 Å². The molecule has 0 amide bonds. The molecule has 1 nitrogen and oxygen atoms in total. The summed E-state index contributed by atoms with van der Waals surface area (Å²) in [5, 5.41) is 3.56. The topological polar surface area (TPSA) is 12.0 Å². The maximum Gasteiger partial charge on any atom is 0.126 e. The Morgan fingerprint density at radius 3 is 2.20 bits per heavy atom. The van der Waals surface area contributed by atoms with E-state index in [9.17, 15) is 8.78 Å². The van der Waals surface area contributed by atoms with Crippen molar-refractivity contribution in [1.82, 2.24) is 5.32 Å². The van der Waals surface area contributed by atoms with Gasteiger partial charge < -0.3 is 5.32 Å². The first-order valence-corrected chi connectivity index (χ1v) is 7.78. The monoisotopic (exact) mass is 281 g/mol. The molecule has 1 aromatic carbocycles. The van der Waals surface area contributed by atoms with Gasteiger partial charge in [0.25, 0.3) is 0 Å². The summed E-state index contributed by atoms with van der Waals surface area (Å²) in [6, 6.07) is 4.18. The summed E-state index contributed by atoms with van der Waals surface area (Å²) < 4.78 is 26.7. The average Bonchev–Trinajstić information content (AvgIpc) is 2.87. The second kappa shape index (κ2) is 6.66. The summed E-state index contributed by atoms with van der Waals surface area (Å²) in [6.45, 7) is 5.23. The van der Waals surface area contributed by atoms with Crippen LogP contribution in [0.2, 0.25) is 0 Å². The summed E-state index contributed by atoms with van der Waals surface area (Å²) in [5.74, 6) is -0.959. The van der Waals surface area contributed by atoms with Crippen LogP contribution in [-0.2, 0) is 6.42 Å². The van der Waals surface area contributed by atoms with Crippen LogP contribution in [0.1, 0.15) is 51.5 Å². The molecule has 1 saturated carbocycles. The van der Waals surface area contributed by atoms with Gasteiger partial charge in [0.1, 0.15) is 11.6 Å². The normalized spacial score (nSPS) is 19.2. The minimum atomic E-state index is -0.479. The molecule has 1 fully saturated rings. The van der Waals surface area contributed by atoms with Crippen LogP contribution in [0.5, 0.6) is 0 Å². The fraction of sp³-hybridized carbons (Fsp3) is 0.647.